The molecular formula is C13H13ClN4O3. The summed E-state index contributed by atoms with van der Waals surface area (Å²) in [5.74, 6) is 0.271. The number of nitrogens with zero attached hydrogens (tertiary/aromatic N) is 2. The Morgan fingerprint density at radius 2 is 2.29 bits per heavy atom. The lowest BCUT2D eigenvalue weighted by Gasteiger charge is -2.26. The van der Waals surface area contributed by atoms with E-state index in [1.54, 1.807) is 30.2 Å². The molecule has 0 aliphatic carbocycles. The topological polar surface area (TPSA) is 96.8 Å². The van der Waals surface area contributed by atoms with E-state index < -0.39 is 12.0 Å². The van der Waals surface area contributed by atoms with Crippen LogP contribution in [0.5, 0.6) is 5.75 Å². The van der Waals surface area contributed by atoms with Gasteiger partial charge in [-0.25, -0.2) is 9.79 Å². The van der Waals surface area contributed by atoms with Gasteiger partial charge in [0.15, 0.2) is 11.9 Å². The molecule has 0 radical (unpaired) electrons. The minimum atomic E-state index is -0.604. The summed E-state index contributed by atoms with van der Waals surface area (Å²) in [5.41, 5.74) is 7.69. The minimum Gasteiger partial charge on any atom is -0.439 e. The summed E-state index contributed by atoms with van der Waals surface area (Å²) >= 11 is 6.03. The van der Waals surface area contributed by atoms with E-state index in [1.807, 2.05) is 6.92 Å². The number of halogens is 1. The fourth-order valence-corrected chi connectivity index (χ4v) is 2.20. The molecule has 3 rings (SSSR count). The zero-order valence-corrected chi connectivity index (χ0v) is 12.1. The van der Waals surface area contributed by atoms with Crippen molar-refractivity contribution in [2.75, 3.05) is 7.05 Å². The third-order valence-electron chi connectivity index (χ3n) is 3.16. The number of hydrogen-bond donors (Lipinski definition) is 2. The first-order chi connectivity index (χ1) is 9.94. The highest BCUT2D eigenvalue weighted by atomic mass is 35.5. The summed E-state index contributed by atoms with van der Waals surface area (Å²) < 4.78 is 10.7. The van der Waals surface area contributed by atoms with Crippen molar-refractivity contribution in [3.8, 4) is 5.75 Å². The largest absolute Gasteiger partial charge is 0.439 e. The van der Waals surface area contributed by atoms with Gasteiger partial charge in [0.25, 0.3) is 0 Å². The van der Waals surface area contributed by atoms with Gasteiger partial charge in [0.1, 0.15) is 10.9 Å². The van der Waals surface area contributed by atoms with Crippen LogP contribution >= 0.6 is 11.6 Å². The van der Waals surface area contributed by atoms with Crippen LogP contribution in [0.25, 0.3) is 11.1 Å². The molecule has 2 heterocycles. The molecule has 1 aliphatic rings. The Morgan fingerprint density at radius 3 is 3.00 bits per heavy atom. The summed E-state index contributed by atoms with van der Waals surface area (Å²) in [6, 6.07) is 3.37. The number of aromatic nitrogens is 1. The number of nitrogens with two attached hydrogens (primary N) is 1. The van der Waals surface area contributed by atoms with Crippen LogP contribution in [0.1, 0.15) is 5.56 Å². The number of aryl methyl sites for hydroxylation is 1. The number of aliphatic imine (C=N–C) groups is 1. The van der Waals surface area contributed by atoms with Crippen molar-refractivity contribution in [2.45, 2.75) is 13.2 Å². The van der Waals surface area contributed by atoms with Gasteiger partial charge in [-0.2, -0.15) is 0 Å². The van der Waals surface area contributed by atoms with E-state index in [2.05, 4.69) is 9.98 Å². The second kappa shape index (κ2) is 4.94. The van der Waals surface area contributed by atoms with E-state index in [9.17, 15) is 4.79 Å². The maximum Gasteiger partial charge on any atom is 0.417 e. The number of hydrogen-bond acceptors (Lipinski definition) is 6. The molecule has 0 fully saturated rings. The Morgan fingerprint density at radius 1 is 1.52 bits per heavy atom. The maximum atomic E-state index is 11.2. The molecule has 1 unspecified atom stereocenters. The van der Waals surface area contributed by atoms with Crippen LogP contribution in [0.15, 0.2) is 37.6 Å². The smallest absolute Gasteiger partial charge is 0.417 e. The van der Waals surface area contributed by atoms with Crippen LogP contribution in [-0.2, 0) is 0 Å². The number of nitrogens with one attached hydrogen (secondary N) is 1. The average molecular weight is 309 g/mol. The van der Waals surface area contributed by atoms with Gasteiger partial charge >= 0.3 is 5.76 Å². The number of fused-ring (bicyclic) bond motifs is 1. The lowest BCUT2D eigenvalue weighted by atomic mass is 10.2. The first-order valence-corrected chi connectivity index (χ1v) is 6.56. The molecule has 1 aromatic heterocycles. The van der Waals surface area contributed by atoms with E-state index in [1.165, 1.54) is 0 Å². The van der Waals surface area contributed by atoms with Crippen molar-refractivity contribution >= 4 is 28.6 Å². The predicted molar refractivity (Wildman–Crippen MR) is 79.3 cm³/mol. The van der Waals surface area contributed by atoms with Crippen molar-refractivity contribution in [3.63, 3.8) is 0 Å². The normalized spacial score (nSPS) is 18.7. The molecule has 0 bridgehead atoms. The summed E-state index contributed by atoms with van der Waals surface area (Å²) in [5, 5.41) is 0.429. The zero-order valence-electron chi connectivity index (χ0n) is 11.4. The number of benzene rings is 1. The van der Waals surface area contributed by atoms with Crippen LogP contribution in [0.4, 0.5) is 0 Å². The number of aromatic amines is 1. The lowest BCUT2D eigenvalue weighted by molar-refractivity contribution is 0.325. The molecule has 21 heavy (non-hydrogen) atoms. The first-order valence-electron chi connectivity index (χ1n) is 6.19. The molecule has 7 nitrogen and oxygen atoms in total. The molecule has 0 amide bonds. The van der Waals surface area contributed by atoms with Crippen LogP contribution in [0.3, 0.4) is 0 Å². The Bertz CT molecular complexity index is 820. The van der Waals surface area contributed by atoms with Crippen molar-refractivity contribution in [1.29, 1.82) is 0 Å². The number of H-pyrrole nitrogens is 1. The molecule has 0 spiro atoms. The molecule has 1 aliphatic heterocycles. The fraction of sp³-hybridized carbons (Fsp3) is 0.231. The Balaban J connectivity index is 1.95. The highest BCUT2D eigenvalue weighted by Crippen LogP contribution is 2.24. The second-order valence-electron chi connectivity index (χ2n) is 4.69. The molecule has 0 saturated carbocycles. The standard InChI is InChI=1S/C13H13ClN4O3/c1-6-3-7(4-8-11(6)17-13(19)21-8)20-10-5-9(14)18(2)12(15)16-10/h3-5,12H,15H2,1-2H3,(H,17,19). The molecular weight excluding hydrogens is 296 g/mol. The fourth-order valence-electron chi connectivity index (χ4n) is 2.01. The van der Waals surface area contributed by atoms with Gasteiger partial charge in [0.2, 0.25) is 5.90 Å². The zero-order chi connectivity index (χ0) is 15.1. The van der Waals surface area contributed by atoms with Gasteiger partial charge in [-0.3, -0.25) is 10.7 Å². The number of rotatable bonds is 1. The van der Waals surface area contributed by atoms with Crippen LogP contribution in [-0.4, -0.2) is 29.1 Å². The third kappa shape index (κ3) is 2.53. The van der Waals surface area contributed by atoms with E-state index in [0.717, 1.165) is 5.56 Å². The van der Waals surface area contributed by atoms with Gasteiger partial charge in [-0.15, -0.1) is 0 Å². The van der Waals surface area contributed by atoms with E-state index in [4.69, 9.17) is 26.5 Å². The predicted octanol–water partition coefficient (Wildman–Crippen LogP) is 1.47. The van der Waals surface area contributed by atoms with Crippen molar-refractivity contribution in [3.05, 3.63) is 39.5 Å². The average Bonchev–Trinajstić information content (AvgIpc) is 2.77. The molecule has 1 aromatic carbocycles. The van der Waals surface area contributed by atoms with Gasteiger partial charge < -0.3 is 14.1 Å². The maximum absolute atomic E-state index is 11.2. The highest BCUT2D eigenvalue weighted by molar-refractivity contribution is 6.30. The van der Waals surface area contributed by atoms with Crippen LogP contribution < -0.4 is 16.2 Å². The van der Waals surface area contributed by atoms with Crippen LogP contribution in [0, 0.1) is 6.92 Å². The monoisotopic (exact) mass is 308 g/mol. The molecule has 8 heteroatoms. The van der Waals surface area contributed by atoms with Crippen molar-refractivity contribution in [2.24, 2.45) is 10.7 Å². The summed E-state index contributed by atoms with van der Waals surface area (Å²) in [4.78, 5) is 19.6. The summed E-state index contributed by atoms with van der Waals surface area (Å²) in [7, 11) is 1.73. The third-order valence-corrected chi connectivity index (χ3v) is 3.54. The van der Waals surface area contributed by atoms with Crippen LogP contribution in [0.2, 0.25) is 0 Å². The van der Waals surface area contributed by atoms with E-state index >= 15 is 0 Å². The van der Waals surface area contributed by atoms with Crippen molar-refractivity contribution in [1.82, 2.24) is 9.88 Å². The minimum absolute atomic E-state index is 0.294. The highest BCUT2D eigenvalue weighted by Gasteiger charge is 2.18. The second-order valence-corrected chi connectivity index (χ2v) is 5.08. The van der Waals surface area contributed by atoms with E-state index in [-0.39, 0.29) is 0 Å². The molecule has 1 atom stereocenters. The quantitative estimate of drug-likeness (QED) is 0.778. The summed E-state index contributed by atoms with van der Waals surface area (Å²) in [6.45, 7) is 1.84. The molecule has 3 N–H and O–H groups in total. The molecule has 0 saturated heterocycles. The van der Waals surface area contributed by atoms with Gasteiger partial charge in [-0.05, 0) is 18.6 Å². The van der Waals surface area contributed by atoms with Crippen molar-refractivity contribution < 1.29 is 9.15 Å². The Kier molecular flexibility index (Phi) is 3.23. The Hall–Kier alpha value is -2.25. The molecule has 110 valence electrons. The first kappa shape index (κ1) is 13.7. The Labute approximate surface area is 124 Å². The van der Waals surface area contributed by atoms with Gasteiger partial charge in [0.05, 0.1) is 5.52 Å². The van der Waals surface area contributed by atoms with Gasteiger partial charge in [-0.1, -0.05) is 11.6 Å². The SMILES string of the molecule is Cc1cc(OC2=NC(N)N(C)C(Cl)=C2)cc2oc(=O)[nH]c12. The molecule has 2 aromatic rings. The number of ether oxygens (including phenoxy) is 1. The van der Waals surface area contributed by atoms with E-state index in [0.29, 0.717) is 27.9 Å². The summed E-state index contributed by atoms with van der Waals surface area (Å²) in [6.07, 6.45) is 0.963. The number of oxazole rings is 1. The lowest BCUT2D eigenvalue weighted by Crippen LogP contribution is -2.39. The van der Waals surface area contributed by atoms with Gasteiger partial charge in [0, 0.05) is 19.2 Å².